The summed E-state index contributed by atoms with van der Waals surface area (Å²) < 4.78 is 41.3. The van der Waals surface area contributed by atoms with E-state index in [-0.39, 0.29) is 5.75 Å². The summed E-state index contributed by atoms with van der Waals surface area (Å²) in [6, 6.07) is 7.32. The summed E-state index contributed by atoms with van der Waals surface area (Å²) >= 11 is 0. The van der Waals surface area contributed by atoms with E-state index in [4.69, 9.17) is 5.73 Å². The first-order chi connectivity index (χ1) is 8.83. The molecule has 0 saturated carbocycles. The third-order valence-corrected chi connectivity index (χ3v) is 2.42. The minimum Gasteiger partial charge on any atom is -0.406 e. The first kappa shape index (κ1) is 13.3. The van der Waals surface area contributed by atoms with Crippen LogP contribution in [0.4, 0.5) is 19.0 Å². The molecule has 0 saturated heterocycles. The zero-order chi connectivity index (χ0) is 14.0. The van der Waals surface area contributed by atoms with Gasteiger partial charge in [0.05, 0.1) is 12.2 Å². The minimum atomic E-state index is -4.68. The summed E-state index contributed by atoms with van der Waals surface area (Å²) in [6.45, 7) is 2.21. The lowest BCUT2D eigenvalue weighted by Gasteiger charge is -2.09. The van der Waals surface area contributed by atoms with Crippen LogP contribution in [0.2, 0.25) is 0 Å². The normalized spacial score (nSPS) is 11.6. The second kappa shape index (κ2) is 4.83. The molecule has 102 valence electrons. The summed E-state index contributed by atoms with van der Waals surface area (Å²) in [7, 11) is 0. The highest BCUT2D eigenvalue weighted by molar-refractivity contribution is 5.33. The number of anilines is 1. The Morgan fingerprint density at radius 1 is 1.26 bits per heavy atom. The maximum absolute atomic E-state index is 12.0. The van der Waals surface area contributed by atoms with Crippen LogP contribution in [0.15, 0.2) is 30.3 Å². The molecule has 7 heteroatoms. The number of alkyl halides is 3. The van der Waals surface area contributed by atoms with Gasteiger partial charge in [0.25, 0.3) is 0 Å². The number of rotatable bonds is 3. The summed E-state index contributed by atoms with van der Waals surface area (Å²) in [5, 5.41) is 4.17. The van der Waals surface area contributed by atoms with E-state index in [0.717, 1.165) is 11.3 Å². The van der Waals surface area contributed by atoms with Gasteiger partial charge >= 0.3 is 6.36 Å². The van der Waals surface area contributed by atoms with Crippen molar-refractivity contribution in [2.24, 2.45) is 0 Å². The Kier molecular flexibility index (Phi) is 3.37. The predicted octanol–water partition coefficient (Wildman–Crippen LogP) is 2.72. The number of aryl methyl sites for hydroxylation is 1. The van der Waals surface area contributed by atoms with Gasteiger partial charge in [-0.3, -0.25) is 0 Å². The topological polar surface area (TPSA) is 53.1 Å². The summed E-state index contributed by atoms with van der Waals surface area (Å²) in [6.07, 6.45) is -4.68. The lowest BCUT2D eigenvalue weighted by Crippen LogP contribution is -2.17. The van der Waals surface area contributed by atoms with Crippen LogP contribution in [0.1, 0.15) is 11.3 Å². The maximum Gasteiger partial charge on any atom is 0.573 e. The molecule has 0 bridgehead atoms. The van der Waals surface area contributed by atoms with E-state index in [1.807, 2.05) is 6.92 Å². The third kappa shape index (κ3) is 3.64. The largest absolute Gasteiger partial charge is 0.573 e. The van der Waals surface area contributed by atoms with Gasteiger partial charge in [0.2, 0.25) is 0 Å². The number of ether oxygens (including phenoxy) is 1. The van der Waals surface area contributed by atoms with Crippen LogP contribution in [0.25, 0.3) is 0 Å². The van der Waals surface area contributed by atoms with Gasteiger partial charge < -0.3 is 10.5 Å². The summed E-state index contributed by atoms with van der Waals surface area (Å²) in [4.78, 5) is 0. The highest BCUT2D eigenvalue weighted by Gasteiger charge is 2.30. The highest BCUT2D eigenvalue weighted by Crippen LogP contribution is 2.23. The summed E-state index contributed by atoms with van der Waals surface area (Å²) in [5.74, 6) is 0.258. The SMILES string of the molecule is Cc1cc(N)n(Cc2ccc(OC(F)(F)F)cc2)n1. The zero-order valence-electron chi connectivity index (χ0n) is 10.1. The molecule has 0 spiro atoms. The molecule has 0 aliphatic heterocycles. The Bertz CT molecular complexity index is 561. The number of aromatic nitrogens is 2. The fourth-order valence-electron chi connectivity index (χ4n) is 1.66. The van der Waals surface area contributed by atoms with Crippen molar-refractivity contribution in [1.29, 1.82) is 0 Å². The van der Waals surface area contributed by atoms with Crippen LogP contribution in [0.5, 0.6) is 5.75 Å². The van der Waals surface area contributed by atoms with E-state index in [0.29, 0.717) is 12.4 Å². The van der Waals surface area contributed by atoms with Crippen molar-refractivity contribution in [3.63, 3.8) is 0 Å². The predicted molar refractivity (Wildman–Crippen MR) is 63.6 cm³/mol. The molecule has 0 fully saturated rings. The van der Waals surface area contributed by atoms with Crippen molar-refractivity contribution in [2.45, 2.75) is 19.8 Å². The van der Waals surface area contributed by atoms with Crippen LogP contribution < -0.4 is 10.5 Å². The molecule has 0 atom stereocenters. The molecule has 2 rings (SSSR count). The molecule has 0 aliphatic carbocycles. The second-order valence-electron chi connectivity index (χ2n) is 4.06. The number of benzene rings is 1. The van der Waals surface area contributed by atoms with Crippen molar-refractivity contribution in [3.05, 3.63) is 41.6 Å². The molecule has 0 radical (unpaired) electrons. The maximum atomic E-state index is 12.0. The van der Waals surface area contributed by atoms with Crippen molar-refractivity contribution in [2.75, 3.05) is 5.73 Å². The zero-order valence-corrected chi connectivity index (χ0v) is 10.1. The lowest BCUT2D eigenvalue weighted by atomic mass is 10.2. The number of nitrogen functional groups attached to an aromatic ring is 1. The smallest absolute Gasteiger partial charge is 0.406 e. The van der Waals surface area contributed by atoms with Gasteiger partial charge in [0.15, 0.2) is 0 Å². The highest BCUT2D eigenvalue weighted by atomic mass is 19.4. The lowest BCUT2D eigenvalue weighted by molar-refractivity contribution is -0.274. The quantitative estimate of drug-likeness (QED) is 0.933. The van der Waals surface area contributed by atoms with Gasteiger partial charge in [-0.1, -0.05) is 12.1 Å². The van der Waals surface area contributed by atoms with Crippen LogP contribution in [0.3, 0.4) is 0 Å². The van der Waals surface area contributed by atoms with E-state index in [1.165, 1.54) is 24.3 Å². The Morgan fingerprint density at radius 2 is 1.89 bits per heavy atom. The molecule has 1 aromatic heterocycles. The fraction of sp³-hybridized carbons (Fsp3) is 0.250. The molecule has 0 amide bonds. The Morgan fingerprint density at radius 3 is 2.37 bits per heavy atom. The first-order valence-corrected chi connectivity index (χ1v) is 5.48. The van der Waals surface area contributed by atoms with E-state index >= 15 is 0 Å². The molecular formula is C12H12F3N3O. The Hall–Kier alpha value is -2.18. The van der Waals surface area contributed by atoms with Gasteiger partial charge in [-0.05, 0) is 24.6 Å². The third-order valence-electron chi connectivity index (χ3n) is 2.42. The molecule has 1 heterocycles. The van der Waals surface area contributed by atoms with Gasteiger partial charge in [0.1, 0.15) is 11.6 Å². The van der Waals surface area contributed by atoms with Gasteiger partial charge in [-0.15, -0.1) is 13.2 Å². The Labute approximate surface area is 107 Å². The number of halogens is 3. The van der Waals surface area contributed by atoms with Crippen LogP contribution >= 0.6 is 0 Å². The summed E-state index contributed by atoms with van der Waals surface area (Å²) in [5.41, 5.74) is 7.30. The van der Waals surface area contributed by atoms with E-state index in [1.54, 1.807) is 10.7 Å². The number of hydrogen-bond donors (Lipinski definition) is 1. The van der Waals surface area contributed by atoms with Gasteiger partial charge in [0, 0.05) is 6.07 Å². The van der Waals surface area contributed by atoms with Crippen molar-refractivity contribution < 1.29 is 17.9 Å². The van der Waals surface area contributed by atoms with E-state index in [9.17, 15) is 13.2 Å². The monoisotopic (exact) mass is 271 g/mol. The molecule has 0 aliphatic rings. The van der Waals surface area contributed by atoms with Crippen molar-refractivity contribution in [1.82, 2.24) is 9.78 Å². The second-order valence-corrected chi connectivity index (χ2v) is 4.06. The van der Waals surface area contributed by atoms with Gasteiger partial charge in [-0.2, -0.15) is 5.10 Å². The average molecular weight is 271 g/mol. The number of nitrogens with zero attached hydrogens (tertiary/aromatic N) is 2. The van der Waals surface area contributed by atoms with E-state index in [2.05, 4.69) is 9.84 Å². The molecular weight excluding hydrogens is 259 g/mol. The number of hydrogen-bond acceptors (Lipinski definition) is 3. The van der Waals surface area contributed by atoms with Crippen molar-refractivity contribution in [3.8, 4) is 5.75 Å². The molecule has 19 heavy (non-hydrogen) atoms. The average Bonchev–Trinajstić information content (AvgIpc) is 2.58. The Balaban J connectivity index is 2.09. The van der Waals surface area contributed by atoms with Crippen LogP contribution in [-0.4, -0.2) is 16.1 Å². The number of nitrogens with two attached hydrogens (primary N) is 1. The molecule has 2 N–H and O–H groups in total. The van der Waals surface area contributed by atoms with Crippen LogP contribution in [0, 0.1) is 6.92 Å². The van der Waals surface area contributed by atoms with Crippen LogP contribution in [-0.2, 0) is 6.54 Å². The molecule has 4 nitrogen and oxygen atoms in total. The molecule has 0 unspecified atom stereocenters. The van der Waals surface area contributed by atoms with E-state index < -0.39 is 6.36 Å². The molecule has 2 aromatic rings. The molecule has 1 aromatic carbocycles. The standard InChI is InChI=1S/C12H12F3N3O/c1-8-6-11(16)18(17-8)7-9-2-4-10(5-3-9)19-12(13,14)15/h2-6H,7,16H2,1H3. The van der Waals surface area contributed by atoms with Crippen molar-refractivity contribution >= 4 is 5.82 Å². The first-order valence-electron chi connectivity index (χ1n) is 5.48. The van der Waals surface area contributed by atoms with Gasteiger partial charge in [-0.25, -0.2) is 4.68 Å². The fourth-order valence-corrected chi connectivity index (χ4v) is 1.66. The minimum absolute atomic E-state index is 0.249.